The summed E-state index contributed by atoms with van der Waals surface area (Å²) in [5.41, 5.74) is 0.505. The van der Waals surface area contributed by atoms with E-state index in [0.29, 0.717) is 18.6 Å². The largest absolute Gasteiger partial charge is 0.383 e. The molecular formula is C18H27NO2. The van der Waals surface area contributed by atoms with E-state index in [0.717, 1.165) is 38.1 Å². The third-order valence-electron chi connectivity index (χ3n) is 5.94. The maximum absolute atomic E-state index is 11.2. The van der Waals surface area contributed by atoms with Crippen molar-refractivity contribution in [2.75, 3.05) is 26.2 Å². The highest BCUT2D eigenvalue weighted by atomic mass is 16.5. The number of allylic oxidation sites excluding steroid dienone is 3. The van der Waals surface area contributed by atoms with Crippen LogP contribution in [0.3, 0.4) is 0 Å². The molecule has 3 nitrogen and oxygen atoms in total. The first kappa shape index (κ1) is 14.0. The number of ether oxygens (including phenoxy) is 1. The van der Waals surface area contributed by atoms with Gasteiger partial charge >= 0.3 is 0 Å². The third-order valence-corrected chi connectivity index (χ3v) is 5.94. The number of hydrogen-bond acceptors (Lipinski definition) is 3. The van der Waals surface area contributed by atoms with Crippen molar-refractivity contribution < 1.29 is 9.84 Å². The first-order chi connectivity index (χ1) is 10.3. The highest BCUT2D eigenvalue weighted by molar-refractivity contribution is 5.29. The third kappa shape index (κ3) is 2.71. The Kier molecular flexibility index (Phi) is 3.68. The van der Waals surface area contributed by atoms with Gasteiger partial charge in [-0.2, -0.15) is 0 Å². The molecule has 0 aromatic heterocycles. The molecule has 0 radical (unpaired) electrons. The molecule has 2 atom stereocenters. The highest BCUT2D eigenvalue weighted by Crippen LogP contribution is 2.46. The molecule has 5 aliphatic rings. The molecule has 3 heteroatoms. The van der Waals surface area contributed by atoms with Crippen LogP contribution in [0.2, 0.25) is 0 Å². The zero-order valence-corrected chi connectivity index (χ0v) is 12.8. The Morgan fingerprint density at radius 3 is 2.62 bits per heavy atom. The van der Waals surface area contributed by atoms with Crippen LogP contribution in [0.1, 0.15) is 38.5 Å². The molecule has 1 N–H and O–H groups in total. The number of piperidine rings is 3. The molecule has 21 heavy (non-hydrogen) atoms. The number of aliphatic hydroxyl groups is 1. The Hall–Kier alpha value is -0.640. The molecule has 2 aliphatic carbocycles. The van der Waals surface area contributed by atoms with Gasteiger partial charge in [-0.15, -0.1) is 0 Å². The van der Waals surface area contributed by atoms with Crippen molar-refractivity contribution >= 4 is 0 Å². The van der Waals surface area contributed by atoms with E-state index in [-0.39, 0.29) is 0 Å². The summed E-state index contributed by atoms with van der Waals surface area (Å²) in [6.45, 7) is 4.07. The van der Waals surface area contributed by atoms with Crippen LogP contribution < -0.4 is 0 Å². The summed E-state index contributed by atoms with van der Waals surface area (Å²) >= 11 is 0. The fraction of sp³-hybridized carbons (Fsp3) is 0.778. The fourth-order valence-electron chi connectivity index (χ4n) is 4.33. The number of fused-ring (bicyclic) bond motifs is 3. The number of hydrogen-bond donors (Lipinski definition) is 1. The zero-order chi connectivity index (χ0) is 14.3. The predicted molar refractivity (Wildman–Crippen MR) is 83.0 cm³/mol. The first-order valence-electron chi connectivity index (χ1n) is 8.68. The SMILES string of the molecule is O[C@@](CO[C@H]1CN2CCC1CC2)(C1=CC=CCC1)C1CC1. The molecule has 0 aromatic carbocycles. The van der Waals surface area contributed by atoms with Crippen molar-refractivity contribution in [2.45, 2.75) is 50.2 Å². The molecule has 0 amide bonds. The molecule has 4 fully saturated rings. The van der Waals surface area contributed by atoms with Gasteiger partial charge in [-0.1, -0.05) is 18.2 Å². The molecule has 116 valence electrons. The van der Waals surface area contributed by atoms with Gasteiger partial charge < -0.3 is 14.7 Å². The van der Waals surface area contributed by atoms with E-state index in [1.54, 1.807) is 0 Å². The van der Waals surface area contributed by atoms with Gasteiger partial charge in [-0.05, 0) is 69.0 Å². The standard InChI is InChI=1S/C18H27NO2/c20-18(16-6-7-16,15-4-2-1-3-5-15)13-21-17-12-19-10-8-14(17)9-11-19/h1-2,4,14,16-17,20H,3,5-13H2/t17-,18-/m0/s1. The Morgan fingerprint density at radius 2 is 2.05 bits per heavy atom. The lowest BCUT2D eigenvalue weighted by molar-refractivity contribution is -0.117. The lowest BCUT2D eigenvalue weighted by Crippen LogP contribution is -2.53. The van der Waals surface area contributed by atoms with Crippen LogP contribution in [0, 0.1) is 11.8 Å². The van der Waals surface area contributed by atoms with Gasteiger partial charge in [0.05, 0.1) is 12.7 Å². The molecule has 2 bridgehead atoms. The lowest BCUT2D eigenvalue weighted by Gasteiger charge is -2.45. The first-order valence-corrected chi connectivity index (χ1v) is 8.68. The van der Waals surface area contributed by atoms with Crippen molar-refractivity contribution in [1.82, 2.24) is 4.90 Å². The molecule has 1 saturated carbocycles. The zero-order valence-electron chi connectivity index (χ0n) is 12.8. The van der Waals surface area contributed by atoms with Crippen LogP contribution >= 0.6 is 0 Å². The van der Waals surface area contributed by atoms with E-state index in [4.69, 9.17) is 4.74 Å². The van der Waals surface area contributed by atoms with Crippen molar-refractivity contribution in [3.05, 3.63) is 23.8 Å². The maximum atomic E-state index is 11.2. The van der Waals surface area contributed by atoms with E-state index in [1.807, 2.05) is 0 Å². The second-order valence-corrected chi connectivity index (χ2v) is 7.34. The van der Waals surface area contributed by atoms with Gasteiger partial charge in [0.1, 0.15) is 5.60 Å². The topological polar surface area (TPSA) is 32.7 Å². The summed E-state index contributed by atoms with van der Waals surface area (Å²) in [6.07, 6.45) is 13.7. The van der Waals surface area contributed by atoms with Crippen LogP contribution in [0.25, 0.3) is 0 Å². The van der Waals surface area contributed by atoms with Crippen molar-refractivity contribution in [2.24, 2.45) is 11.8 Å². The quantitative estimate of drug-likeness (QED) is 0.844. The number of rotatable bonds is 5. The number of nitrogens with zero attached hydrogens (tertiary/aromatic N) is 1. The Balaban J connectivity index is 1.43. The van der Waals surface area contributed by atoms with Gasteiger partial charge in [0.2, 0.25) is 0 Å². The average molecular weight is 289 g/mol. The second kappa shape index (κ2) is 5.53. The minimum atomic E-state index is -0.698. The maximum Gasteiger partial charge on any atom is 0.112 e. The summed E-state index contributed by atoms with van der Waals surface area (Å²) in [4.78, 5) is 2.52. The van der Waals surface area contributed by atoms with E-state index in [2.05, 4.69) is 23.1 Å². The van der Waals surface area contributed by atoms with E-state index in [9.17, 15) is 5.11 Å². The molecule has 3 saturated heterocycles. The summed E-state index contributed by atoms with van der Waals surface area (Å²) < 4.78 is 6.28. The lowest BCUT2D eigenvalue weighted by atomic mass is 9.83. The smallest absolute Gasteiger partial charge is 0.112 e. The van der Waals surface area contributed by atoms with Crippen LogP contribution in [-0.4, -0.2) is 48.0 Å². The molecule has 5 rings (SSSR count). The monoisotopic (exact) mass is 289 g/mol. The molecule has 3 aliphatic heterocycles. The van der Waals surface area contributed by atoms with Gasteiger partial charge in [-0.25, -0.2) is 0 Å². The van der Waals surface area contributed by atoms with Crippen molar-refractivity contribution in [1.29, 1.82) is 0 Å². The molecule has 0 aromatic rings. The Labute approximate surface area is 127 Å². The summed E-state index contributed by atoms with van der Waals surface area (Å²) in [5, 5.41) is 11.2. The average Bonchev–Trinajstić information content (AvgIpc) is 3.40. The van der Waals surface area contributed by atoms with Gasteiger partial charge in [0.25, 0.3) is 0 Å². The van der Waals surface area contributed by atoms with Gasteiger partial charge in [0.15, 0.2) is 0 Å². The predicted octanol–water partition coefficient (Wildman–Crippen LogP) is 2.51. The van der Waals surface area contributed by atoms with Crippen LogP contribution in [0.15, 0.2) is 23.8 Å². The summed E-state index contributed by atoms with van der Waals surface area (Å²) in [5.74, 6) is 1.15. The van der Waals surface area contributed by atoms with Crippen molar-refractivity contribution in [3.63, 3.8) is 0 Å². The van der Waals surface area contributed by atoms with Gasteiger partial charge in [0, 0.05) is 6.54 Å². The molecule has 0 spiro atoms. The minimum Gasteiger partial charge on any atom is -0.383 e. The Morgan fingerprint density at radius 1 is 1.24 bits per heavy atom. The molecule has 0 unspecified atom stereocenters. The molecular weight excluding hydrogens is 262 g/mol. The second-order valence-electron chi connectivity index (χ2n) is 7.34. The van der Waals surface area contributed by atoms with Crippen LogP contribution in [0.5, 0.6) is 0 Å². The van der Waals surface area contributed by atoms with Crippen LogP contribution in [0.4, 0.5) is 0 Å². The van der Waals surface area contributed by atoms with E-state index >= 15 is 0 Å². The fourth-order valence-corrected chi connectivity index (χ4v) is 4.33. The van der Waals surface area contributed by atoms with Crippen LogP contribution in [-0.2, 0) is 4.74 Å². The normalized spacial score (nSPS) is 38.1. The Bertz CT molecular complexity index is 446. The summed E-state index contributed by atoms with van der Waals surface area (Å²) in [7, 11) is 0. The molecule has 3 heterocycles. The van der Waals surface area contributed by atoms with Gasteiger partial charge in [-0.3, -0.25) is 0 Å². The van der Waals surface area contributed by atoms with E-state index < -0.39 is 5.60 Å². The van der Waals surface area contributed by atoms with Crippen molar-refractivity contribution in [3.8, 4) is 0 Å². The van der Waals surface area contributed by atoms with E-state index in [1.165, 1.54) is 31.5 Å². The summed E-state index contributed by atoms with van der Waals surface area (Å²) in [6, 6.07) is 0. The highest BCUT2D eigenvalue weighted by Gasteiger charge is 2.47. The minimum absolute atomic E-state index is 0.345.